The molecule has 0 atom stereocenters. The minimum atomic E-state index is -0.0371. The van der Waals surface area contributed by atoms with Gasteiger partial charge in [0.1, 0.15) is 0 Å². The van der Waals surface area contributed by atoms with Crippen LogP contribution in [0.15, 0.2) is 29.0 Å². The Hall–Kier alpha value is -2.37. The third-order valence-corrected chi connectivity index (χ3v) is 2.51. The van der Waals surface area contributed by atoms with Gasteiger partial charge in [0, 0.05) is 29.9 Å². The molecule has 18 heavy (non-hydrogen) atoms. The first-order valence-electron chi connectivity index (χ1n) is 5.56. The summed E-state index contributed by atoms with van der Waals surface area (Å²) in [6.45, 7) is 2.15. The van der Waals surface area contributed by atoms with Gasteiger partial charge in [-0.25, -0.2) is 0 Å². The van der Waals surface area contributed by atoms with Gasteiger partial charge in [-0.15, -0.1) is 0 Å². The number of anilines is 2. The zero-order valence-corrected chi connectivity index (χ0v) is 10.0. The van der Waals surface area contributed by atoms with E-state index in [1.165, 1.54) is 13.3 Å². The van der Waals surface area contributed by atoms with Crippen LogP contribution in [-0.4, -0.2) is 22.5 Å². The number of Topliss-reactive ketones (excluding diaryl/α,β-unsaturated/α-hetero) is 1. The van der Waals surface area contributed by atoms with Crippen molar-refractivity contribution in [3.05, 3.63) is 36.0 Å². The second-order valence-electron chi connectivity index (χ2n) is 3.87. The van der Waals surface area contributed by atoms with Crippen LogP contribution < -0.4 is 11.1 Å². The number of aromatic nitrogens is 2. The van der Waals surface area contributed by atoms with E-state index in [1.54, 1.807) is 12.1 Å². The molecule has 0 spiro atoms. The highest BCUT2D eigenvalue weighted by atomic mass is 16.5. The molecule has 0 saturated carbocycles. The van der Waals surface area contributed by atoms with Gasteiger partial charge >= 0.3 is 0 Å². The van der Waals surface area contributed by atoms with Gasteiger partial charge in [-0.05, 0) is 25.1 Å². The Labute approximate surface area is 104 Å². The Balaban J connectivity index is 1.94. The van der Waals surface area contributed by atoms with E-state index in [0.29, 0.717) is 30.1 Å². The smallest absolute Gasteiger partial charge is 0.228 e. The van der Waals surface area contributed by atoms with Crippen molar-refractivity contribution in [2.24, 2.45) is 0 Å². The zero-order valence-electron chi connectivity index (χ0n) is 10.0. The number of carbonyl (C=O) groups excluding carboxylic acids is 1. The van der Waals surface area contributed by atoms with Crippen molar-refractivity contribution in [3.8, 4) is 0 Å². The normalized spacial score (nSPS) is 10.3. The van der Waals surface area contributed by atoms with E-state index in [0.717, 1.165) is 5.69 Å². The fraction of sp³-hybridized carbons (Fsp3) is 0.250. The number of nitrogens with one attached hydrogen (secondary N) is 1. The fourth-order valence-corrected chi connectivity index (χ4v) is 1.61. The minimum absolute atomic E-state index is 0.0371. The van der Waals surface area contributed by atoms with Crippen LogP contribution in [0.4, 0.5) is 11.4 Å². The Morgan fingerprint density at radius 3 is 2.94 bits per heavy atom. The predicted molar refractivity (Wildman–Crippen MR) is 67.4 cm³/mol. The second kappa shape index (κ2) is 5.31. The summed E-state index contributed by atoms with van der Waals surface area (Å²) in [6.07, 6.45) is 2.00. The van der Waals surface area contributed by atoms with Gasteiger partial charge in [-0.1, -0.05) is 5.16 Å². The number of hydrogen-bond acceptors (Lipinski definition) is 6. The Morgan fingerprint density at radius 1 is 1.50 bits per heavy atom. The molecule has 6 nitrogen and oxygen atoms in total. The molecule has 0 saturated heterocycles. The average Bonchev–Trinajstić information content (AvgIpc) is 2.81. The molecule has 94 valence electrons. The summed E-state index contributed by atoms with van der Waals surface area (Å²) < 4.78 is 4.88. The topological polar surface area (TPSA) is 94.0 Å². The largest absolute Gasteiger partial charge is 0.398 e. The zero-order chi connectivity index (χ0) is 13.0. The van der Waals surface area contributed by atoms with E-state index in [-0.39, 0.29) is 5.78 Å². The van der Waals surface area contributed by atoms with E-state index >= 15 is 0 Å². The van der Waals surface area contributed by atoms with Crippen LogP contribution in [0, 0.1) is 0 Å². The lowest BCUT2D eigenvalue weighted by Gasteiger charge is -2.07. The lowest BCUT2D eigenvalue weighted by atomic mass is 10.1. The summed E-state index contributed by atoms with van der Waals surface area (Å²) in [5.41, 5.74) is 7.66. The molecule has 1 heterocycles. The molecule has 6 heteroatoms. The molecule has 2 aromatic rings. The molecular formula is C12H14N4O2. The highest BCUT2D eigenvalue weighted by Gasteiger charge is 2.05. The third-order valence-electron chi connectivity index (χ3n) is 2.51. The van der Waals surface area contributed by atoms with E-state index < -0.39 is 0 Å². The van der Waals surface area contributed by atoms with E-state index in [2.05, 4.69) is 15.5 Å². The lowest BCUT2D eigenvalue weighted by molar-refractivity contribution is 0.101. The molecular weight excluding hydrogens is 232 g/mol. The molecule has 0 bridgehead atoms. The molecule has 2 rings (SSSR count). The molecule has 0 aliphatic heterocycles. The number of hydrogen-bond donors (Lipinski definition) is 2. The van der Waals surface area contributed by atoms with Crippen molar-refractivity contribution in [2.75, 3.05) is 17.6 Å². The summed E-state index contributed by atoms with van der Waals surface area (Å²) in [5, 5.41) is 6.69. The van der Waals surface area contributed by atoms with Crippen LogP contribution in [0.25, 0.3) is 0 Å². The molecule has 0 fully saturated rings. The maximum Gasteiger partial charge on any atom is 0.228 e. The van der Waals surface area contributed by atoms with Crippen molar-refractivity contribution in [2.45, 2.75) is 13.3 Å². The average molecular weight is 246 g/mol. The van der Waals surface area contributed by atoms with E-state index in [9.17, 15) is 4.79 Å². The molecule has 3 N–H and O–H groups in total. The van der Waals surface area contributed by atoms with Crippen molar-refractivity contribution >= 4 is 17.2 Å². The summed E-state index contributed by atoms with van der Waals surface area (Å²) in [7, 11) is 0. The number of carbonyl (C=O) groups is 1. The second-order valence-corrected chi connectivity index (χ2v) is 3.87. The SMILES string of the molecule is CC(=O)c1ccc(NCCc2ncno2)cc1N. The number of nitrogens with two attached hydrogens (primary N) is 1. The first-order chi connectivity index (χ1) is 8.66. The van der Waals surface area contributed by atoms with Crippen molar-refractivity contribution in [3.63, 3.8) is 0 Å². The summed E-state index contributed by atoms with van der Waals surface area (Å²) in [4.78, 5) is 15.1. The molecule has 0 unspecified atom stereocenters. The number of nitrogen functional groups attached to an aromatic ring is 1. The van der Waals surface area contributed by atoms with Crippen LogP contribution in [0.5, 0.6) is 0 Å². The first kappa shape index (κ1) is 12.1. The van der Waals surface area contributed by atoms with Crippen LogP contribution in [0.2, 0.25) is 0 Å². The van der Waals surface area contributed by atoms with Gasteiger partial charge in [-0.3, -0.25) is 4.79 Å². The van der Waals surface area contributed by atoms with Crippen molar-refractivity contribution in [1.29, 1.82) is 0 Å². The standard InChI is InChI=1S/C12H14N4O2/c1-8(17)10-3-2-9(6-11(10)13)14-5-4-12-15-7-16-18-12/h2-3,6-7,14H,4-5,13H2,1H3. The lowest BCUT2D eigenvalue weighted by Crippen LogP contribution is -2.06. The third kappa shape index (κ3) is 2.85. The molecule has 0 aliphatic rings. The maximum atomic E-state index is 11.2. The Morgan fingerprint density at radius 2 is 2.33 bits per heavy atom. The van der Waals surface area contributed by atoms with Gasteiger partial charge in [0.25, 0.3) is 0 Å². The van der Waals surface area contributed by atoms with Crippen molar-refractivity contribution < 1.29 is 9.32 Å². The van der Waals surface area contributed by atoms with Gasteiger partial charge in [0.05, 0.1) is 0 Å². The number of nitrogens with zero attached hydrogens (tertiary/aromatic N) is 2. The summed E-state index contributed by atoms with van der Waals surface area (Å²) in [5.74, 6) is 0.542. The van der Waals surface area contributed by atoms with Crippen molar-refractivity contribution in [1.82, 2.24) is 10.1 Å². The molecule has 0 aliphatic carbocycles. The van der Waals surface area contributed by atoms with Gasteiger partial charge in [0.15, 0.2) is 12.1 Å². The summed E-state index contributed by atoms with van der Waals surface area (Å²) in [6, 6.07) is 5.28. The molecule has 1 aromatic heterocycles. The monoisotopic (exact) mass is 246 g/mol. The number of benzene rings is 1. The minimum Gasteiger partial charge on any atom is -0.398 e. The van der Waals surface area contributed by atoms with Crippen LogP contribution in [-0.2, 0) is 6.42 Å². The molecule has 1 aromatic carbocycles. The van der Waals surface area contributed by atoms with Gasteiger partial charge in [-0.2, -0.15) is 4.98 Å². The van der Waals surface area contributed by atoms with Crippen LogP contribution in [0.1, 0.15) is 23.2 Å². The van der Waals surface area contributed by atoms with Gasteiger partial charge < -0.3 is 15.6 Å². The number of rotatable bonds is 5. The fourth-order valence-electron chi connectivity index (χ4n) is 1.61. The maximum absolute atomic E-state index is 11.2. The molecule has 0 radical (unpaired) electrons. The summed E-state index contributed by atoms with van der Waals surface area (Å²) >= 11 is 0. The molecule has 0 amide bonds. The van der Waals surface area contributed by atoms with E-state index in [4.69, 9.17) is 10.3 Å². The first-order valence-corrected chi connectivity index (χ1v) is 5.56. The Bertz CT molecular complexity index is 537. The van der Waals surface area contributed by atoms with Gasteiger partial charge in [0.2, 0.25) is 5.89 Å². The Kier molecular flexibility index (Phi) is 3.57. The van der Waals surface area contributed by atoms with Crippen LogP contribution in [0.3, 0.4) is 0 Å². The highest BCUT2D eigenvalue weighted by Crippen LogP contribution is 2.18. The highest BCUT2D eigenvalue weighted by molar-refractivity contribution is 5.99. The predicted octanol–water partition coefficient (Wildman–Crippen LogP) is 1.51. The van der Waals surface area contributed by atoms with E-state index in [1.807, 2.05) is 6.07 Å². The number of ketones is 1. The van der Waals surface area contributed by atoms with Crippen LogP contribution >= 0.6 is 0 Å². The quantitative estimate of drug-likeness (QED) is 0.613.